The largest absolute Gasteiger partial charge is 0.442 e. The molecule has 8 nitrogen and oxygen atoms in total. The third kappa shape index (κ3) is 4.73. The molecule has 11 heteroatoms. The number of carbonyl (C=O) groups excluding carboxylic acids is 2. The van der Waals surface area contributed by atoms with Gasteiger partial charge in [-0.2, -0.15) is 4.31 Å². The molecule has 1 N–H and O–H groups in total. The number of rotatable bonds is 6. The number of hydrogen-bond acceptors (Lipinski definition) is 6. The Morgan fingerprint density at radius 1 is 1.16 bits per heavy atom. The molecule has 2 aliphatic heterocycles. The fourth-order valence-electron chi connectivity index (χ4n) is 3.71. The summed E-state index contributed by atoms with van der Waals surface area (Å²) < 4.78 is 32.1. The first-order valence-corrected chi connectivity index (χ1v) is 12.4. The van der Waals surface area contributed by atoms with E-state index in [1.807, 2.05) is 0 Å². The summed E-state index contributed by atoms with van der Waals surface area (Å²) in [6, 6.07) is 11.0. The number of amides is 2. The van der Waals surface area contributed by atoms with Crippen molar-refractivity contribution in [2.75, 3.05) is 31.1 Å². The van der Waals surface area contributed by atoms with Gasteiger partial charge in [-0.1, -0.05) is 11.6 Å². The molecule has 2 amide bonds. The molecule has 1 unspecified atom stereocenters. The highest BCUT2D eigenvalue weighted by molar-refractivity contribution is 7.89. The van der Waals surface area contributed by atoms with Crippen LogP contribution >= 0.6 is 24.2 Å². The molecule has 0 aliphatic carbocycles. The summed E-state index contributed by atoms with van der Waals surface area (Å²) in [6.07, 6.45) is 0.613. The molecule has 2 aliphatic rings. The minimum Gasteiger partial charge on any atom is -0.442 e. The molecule has 4 rings (SSSR count). The number of nitrogens with zero attached hydrogens (tertiary/aromatic N) is 2. The predicted octanol–water partition coefficient (Wildman–Crippen LogP) is 3.17. The Kier molecular flexibility index (Phi) is 6.66. The molecule has 2 heterocycles. The van der Waals surface area contributed by atoms with Crippen LogP contribution in [0.1, 0.15) is 23.2 Å². The summed E-state index contributed by atoms with van der Waals surface area (Å²) in [4.78, 5) is 26.8. The zero-order valence-electron chi connectivity index (χ0n) is 17.0. The fraction of sp³-hybridized carbons (Fsp3) is 0.333. The number of thiol groups is 1. The highest BCUT2D eigenvalue weighted by atomic mass is 35.5. The van der Waals surface area contributed by atoms with E-state index in [1.54, 1.807) is 24.3 Å². The lowest BCUT2D eigenvalue weighted by atomic mass is 10.2. The second-order valence-corrected chi connectivity index (χ2v) is 10.4. The maximum absolute atomic E-state index is 12.7. The van der Waals surface area contributed by atoms with Crippen molar-refractivity contribution in [3.8, 4) is 0 Å². The van der Waals surface area contributed by atoms with E-state index in [1.165, 1.54) is 27.4 Å². The minimum atomic E-state index is -3.52. The number of ether oxygens (including phenoxy) is 1. The van der Waals surface area contributed by atoms with Crippen LogP contribution in [0.25, 0.3) is 0 Å². The Labute approximate surface area is 196 Å². The van der Waals surface area contributed by atoms with Gasteiger partial charge < -0.3 is 10.1 Å². The van der Waals surface area contributed by atoms with Crippen molar-refractivity contribution < 1.29 is 22.7 Å². The van der Waals surface area contributed by atoms with E-state index in [9.17, 15) is 18.0 Å². The Hall–Kier alpha value is -2.27. The topological polar surface area (TPSA) is 96.0 Å². The van der Waals surface area contributed by atoms with Crippen LogP contribution in [0.3, 0.4) is 0 Å². The van der Waals surface area contributed by atoms with E-state index >= 15 is 0 Å². The number of halogens is 1. The second kappa shape index (κ2) is 9.30. The summed E-state index contributed by atoms with van der Waals surface area (Å²) in [5.74, 6) is -0.372. The van der Waals surface area contributed by atoms with Crippen LogP contribution in [0.4, 0.5) is 10.5 Å². The van der Waals surface area contributed by atoms with Crippen LogP contribution in [0, 0.1) is 0 Å². The fourth-order valence-corrected chi connectivity index (χ4v) is 5.64. The number of benzene rings is 2. The van der Waals surface area contributed by atoms with E-state index in [2.05, 4.69) is 17.9 Å². The van der Waals surface area contributed by atoms with Gasteiger partial charge in [0, 0.05) is 28.7 Å². The Balaban J connectivity index is 1.38. The zero-order chi connectivity index (χ0) is 22.9. The van der Waals surface area contributed by atoms with Crippen LogP contribution in [0.2, 0.25) is 5.02 Å². The van der Waals surface area contributed by atoms with Gasteiger partial charge >= 0.3 is 6.09 Å². The van der Waals surface area contributed by atoms with Crippen LogP contribution in [0.15, 0.2) is 52.3 Å². The molecule has 0 bridgehead atoms. The summed E-state index contributed by atoms with van der Waals surface area (Å²) in [7, 11) is -3.52. The summed E-state index contributed by atoms with van der Waals surface area (Å²) in [5.41, 5.74) is 0.855. The summed E-state index contributed by atoms with van der Waals surface area (Å²) in [5, 5.41) is 3.14. The maximum atomic E-state index is 12.7. The van der Waals surface area contributed by atoms with Gasteiger partial charge in [0.15, 0.2) is 0 Å². The van der Waals surface area contributed by atoms with Crippen molar-refractivity contribution in [3.05, 3.63) is 53.1 Å². The smallest absolute Gasteiger partial charge is 0.414 e. The Morgan fingerprint density at radius 3 is 2.53 bits per heavy atom. The maximum Gasteiger partial charge on any atom is 0.414 e. The molecule has 170 valence electrons. The van der Waals surface area contributed by atoms with Gasteiger partial charge in [-0.15, -0.1) is 12.6 Å². The monoisotopic (exact) mass is 495 g/mol. The van der Waals surface area contributed by atoms with E-state index in [0.29, 0.717) is 34.3 Å². The van der Waals surface area contributed by atoms with E-state index in [-0.39, 0.29) is 23.9 Å². The number of nitrogens with one attached hydrogen (secondary N) is 1. The van der Waals surface area contributed by atoms with Gasteiger partial charge in [0.2, 0.25) is 10.0 Å². The van der Waals surface area contributed by atoms with E-state index in [4.69, 9.17) is 16.3 Å². The molecule has 2 fully saturated rings. The molecule has 0 aromatic heterocycles. The Bertz CT molecular complexity index is 1130. The lowest BCUT2D eigenvalue weighted by Crippen LogP contribution is -2.34. The molecule has 0 spiro atoms. The molecular formula is C21H22ClN3O5S2. The van der Waals surface area contributed by atoms with Crippen LogP contribution in [-0.4, -0.2) is 57.0 Å². The number of anilines is 1. The van der Waals surface area contributed by atoms with Crippen molar-refractivity contribution >= 4 is 51.9 Å². The van der Waals surface area contributed by atoms with Gasteiger partial charge in [-0.05, 0) is 55.3 Å². The molecule has 0 saturated carbocycles. The van der Waals surface area contributed by atoms with Gasteiger partial charge in [0.1, 0.15) is 6.10 Å². The standard InChI is InChI=1S/C21H22ClN3O5S2/c22-14-3-8-19(31)18(11-14)20(26)23-12-16-13-25(21(27)30-16)15-4-6-17(7-5-15)32(28,29)24-9-1-2-10-24/h3-8,11,16,31H,1-2,9-10,12-13H2,(H,23,26). The Morgan fingerprint density at radius 2 is 1.84 bits per heavy atom. The predicted molar refractivity (Wildman–Crippen MR) is 123 cm³/mol. The van der Waals surface area contributed by atoms with E-state index in [0.717, 1.165) is 12.8 Å². The molecular weight excluding hydrogens is 474 g/mol. The quantitative estimate of drug-likeness (QED) is 0.600. The average molecular weight is 496 g/mol. The second-order valence-electron chi connectivity index (χ2n) is 7.59. The highest BCUT2D eigenvalue weighted by Gasteiger charge is 2.33. The lowest BCUT2D eigenvalue weighted by molar-refractivity contribution is 0.0913. The number of carbonyl (C=O) groups is 2. The summed E-state index contributed by atoms with van der Waals surface area (Å²) in [6.45, 7) is 1.39. The number of sulfonamides is 1. The molecule has 2 saturated heterocycles. The number of hydrogen-bond donors (Lipinski definition) is 2. The van der Waals surface area contributed by atoms with Crippen LogP contribution in [-0.2, 0) is 14.8 Å². The minimum absolute atomic E-state index is 0.113. The van der Waals surface area contributed by atoms with Crippen molar-refractivity contribution in [2.45, 2.75) is 28.7 Å². The molecule has 2 aromatic rings. The first kappa shape index (κ1) is 22.9. The molecule has 0 radical (unpaired) electrons. The average Bonchev–Trinajstić information content (AvgIpc) is 3.44. The molecule has 2 aromatic carbocycles. The van der Waals surface area contributed by atoms with Crippen LogP contribution < -0.4 is 10.2 Å². The van der Waals surface area contributed by atoms with Gasteiger partial charge in [-0.25, -0.2) is 13.2 Å². The first-order valence-electron chi connectivity index (χ1n) is 10.1. The molecule has 1 atom stereocenters. The van der Waals surface area contributed by atoms with Crippen molar-refractivity contribution in [1.82, 2.24) is 9.62 Å². The van der Waals surface area contributed by atoms with Gasteiger partial charge in [-0.3, -0.25) is 9.69 Å². The first-order chi connectivity index (χ1) is 15.3. The van der Waals surface area contributed by atoms with Crippen LogP contribution in [0.5, 0.6) is 0 Å². The third-order valence-corrected chi connectivity index (χ3v) is 7.96. The van der Waals surface area contributed by atoms with Crippen molar-refractivity contribution in [3.63, 3.8) is 0 Å². The summed E-state index contributed by atoms with van der Waals surface area (Å²) >= 11 is 10.2. The third-order valence-electron chi connectivity index (χ3n) is 5.42. The van der Waals surface area contributed by atoms with E-state index < -0.39 is 22.2 Å². The zero-order valence-corrected chi connectivity index (χ0v) is 19.5. The van der Waals surface area contributed by atoms with Crippen molar-refractivity contribution in [1.29, 1.82) is 0 Å². The lowest BCUT2D eigenvalue weighted by Gasteiger charge is -2.17. The SMILES string of the molecule is O=C(NCC1CN(c2ccc(S(=O)(=O)N3CCCC3)cc2)C(=O)O1)c1cc(Cl)ccc1S. The van der Waals surface area contributed by atoms with Gasteiger partial charge in [0.25, 0.3) is 5.91 Å². The highest BCUT2D eigenvalue weighted by Crippen LogP contribution is 2.26. The van der Waals surface area contributed by atoms with Gasteiger partial charge in [0.05, 0.1) is 23.5 Å². The molecule has 32 heavy (non-hydrogen) atoms. The van der Waals surface area contributed by atoms with Crippen molar-refractivity contribution in [2.24, 2.45) is 0 Å². The number of cyclic esters (lactones) is 1. The normalized spacial score (nSPS) is 19.2.